The van der Waals surface area contributed by atoms with Gasteiger partial charge >= 0.3 is 11.6 Å². The Hall–Kier alpha value is -1.81. The maximum absolute atomic E-state index is 13.1. The summed E-state index contributed by atoms with van der Waals surface area (Å²) in [6, 6.07) is 7.13. The number of carbonyl (C=O) groups is 1. The van der Waals surface area contributed by atoms with Crippen molar-refractivity contribution in [3.05, 3.63) is 45.8 Å². The molecule has 0 spiro atoms. The van der Waals surface area contributed by atoms with E-state index < -0.39 is 11.0 Å². The maximum atomic E-state index is 13.1. The second kappa shape index (κ2) is 5.84. The molecule has 27 heavy (non-hydrogen) atoms. The van der Waals surface area contributed by atoms with Gasteiger partial charge in [0, 0.05) is 21.9 Å². The van der Waals surface area contributed by atoms with Crippen LogP contribution in [0.15, 0.2) is 33.5 Å². The van der Waals surface area contributed by atoms with Crippen LogP contribution in [0.25, 0.3) is 11.0 Å². The van der Waals surface area contributed by atoms with E-state index in [0.29, 0.717) is 23.0 Å². The number of esters is 1. The van der Waals surface area contributed by atoms with Gasteiger partial charge in [-0.2, -0.15) is 0 Å². The third-order valence-corrected chi connectivity index (χ3v) is 7.21. The smallest absolute Gasteiger partial charge is 0.336 e. The molecular weight excluding hydrogens is 364 g/mol. The summed E-state index contributed by atoms with van der Waals surface area (Å²) in [5.74, 6) is 0.947. The van der Waals surface area contributed by atoms with Crippen LogP contribution in [-0.4, -0.2) is 10.8 Å². The van der Waals surface area contributed by atoms with Gasteiger partial charge in [-0.25, -0.2) is 4.79 Å². The third kappa shape index (κ3) is 2.89. The van der Waals surface area contributed by atoms with Crippen molar-refractivity contribution in [2.24, 2.45) is 17.3 Å². The molecule has 0 aliphatic heterocycles. The molecule has 4 atom stereocenters. The predicted octanol–water partition coefficient (Wildman–Crippen LogP) is 4.72. The molecule has 1 aromatic carbocycles. The highest BCUT2D eigenvalue weighted by Gasteiger charge is 2.60. The van der Waals surface area contributed by atoms with E-state index in [1.807, 2.05) is 25.1 Å². The Morgan fingerprint density at radius 1 is 1.22 bits per heavy atom. The number of aryl methyl sites for hydroxylation is 1. The van der Waals surface area contributed by atoms with Gasteiger partial charge in [0.05, 0.1) is 5.41 Å². The molecule has 4 nitrogen and oxygen atoms in total. The third-order valence-electron chi connectivity index (χ3n) is 6.77. The number of benzene rings is 1. The van der Waals surface area contributed by atoms with Crippen LogP contribution >= 0.6 is 11.6 Å². The topological polar surface area (TPSA) is 56.5 Å². The highest BCUT2D eigenvalue weighted by molar-refractivity contribution is 6.24. The van der Waals surface area contributed by atoms with Crippen molar-refractivity contribution in [3.63, 3.8) is 0 Å². The van der Waals surface area contributed by atoms with Gasteiger partial charge in [0.2, 0.25) is 0 Å². The normalized spacial score (nSPS) is 34.1. The Bertz CT molecular complexity index is 977. The van der Waals surface area contributed by atoms with Crippen molar-refractivity contribution in [1.82, 2.24) is 0 Å². The number of hydrogen-bond acceptors (Lipinski definition) is 4. The maximum Gasteiger partial charge on any atom is 0.336 e. The summed E-state index contributed by atoms with van der Waals surface area (Å²) < 4.78 is 11.1. The Labute approximate surface area is 162 Å². The summed E-state index contributed by atoms with van der Waals surface area (Å²) >= 11 is 6.83. The van der Waals surface area contributed by atoms with Crippen LogP contribution in [0.3, 0.4) is 0 Å². The van der Waals surface area contributed by atoms with Gasteiger partial charge in [0.25, 0.3) is 0 Å². The van der Waals surface area contributed by atoms with Crippen LogP contribution in [-0.2, 0) is 16.1 Å². The fraction of sp³-hybridized carbons (Fsp3) is 0.545. The molecule has 4 saturated carbocycles. The van der Waals surface area contributed by atoms with Crippen molar-refractivity contribution in [2.45, 2.75) is 56.9 Å². The zero-order valence-corrected chi connectivity index (χ0v) is 16.2. The minimum absolute atomic E-state index is 0.0936. The summed E-state index contributed by atoms with van der Waals surface area (Å²) in [6.07, 6.45) is 5.78. The SMILES string of the molecule is Cc1ccc2c(COC(=O)C34C[C@@H]5C[C@@H](CC(Cl)(C5)C3)C4)cc(=O)oc2c1. The Morgan fingerprint density at radius 2 is 1.96 bits per heavy atom. The molecule has 4 aliphatic carbocycles. The average molecular weight is 387 g/mol. The first-order valence-electron chi connectivity index (χ1n) is 9.74. The van der Waals surface area contributed by atoms with E-state index >= 15 is 0 Å². The van der Waals surface area contributed by atoms with E-state index in [2.05, 4.69) is 0 Å². The Kier molecular flexibility index (Phi) is 3.74. The molecule has 142 valence electrons. The van der Waals surface area contributed by atoms with Gasteiger partial charge in [-0.05, 0) is 68.9 Å². The second-order valence-corrected chi connectivity index (χ2v) is 9.86. The summed E-state index contributed by atoms with van der Waals surface area (Å²) in [5, 5.41) is 0.812. The minimum Gasteiger partial charge on any atom is -0.460 e. The lowest BCUT2D eigenvalue weighted by molar-refractivity contribution is -0.171. The van der Waals surface area contributed by atoms with E-state index in [0.717, 1.165) is 43.1 Å². The molecule has 0 radical (unpaired) electrons. The fourth-order valence-electron chi connectivity index (χ4n) is 6.14. The molecule has 0 amide bonds. The second-order valence-electron chi connectivity index (χ2n) is 9.06. The van der Waals surface area contributed by atoms with E-state index in [9.17, 15) is 9.59 Å². The van der Waals surface area contributed by atoms with Gasteiger partial charge in [-0.3, -0.25) is 4.79 Å². The van der Waals surface area contributed by atoms with Crippen LogP contribution in [0, 0.1) is 24.2 Å². The van der Waals surface area contributed by atoms with E-state index in [1.165, 1.54) is 12.5 Å². The first-order chi connectivity index (χ1) is 12.8. The fourth-order valence-corrected chi connectivity index (χ4v) is 6.83. The molecule has 2 unspecified atom stereocenters. The zero-order chi connectivity index (χ0) is 18.8. The van der Waals surface area contributed by atoms with E-state index in [1.54, 1.807) is 0 Å². The molecule has 4 aliphatic rings. The van der Waals surface area contributed by atoms with E-state index in [-0.39, 0.29) is 17.5 Å². The molecule has 0 N–H and O–H groups in total. The monoisotopic (exact) mass is 386 g/mol. The molecule has 2 aromatic rings. The van der Waals surface area contributed by atoms with E-state index in [4.69, 9.17) is 20.8 Å². The van der Waals surface area contributed by atoms with Crippen LogP contribution in [0.5, 0.6) is 0 Å². The molecule has 5 heteroatoms. The van der Waals surface area contributed by atoms with Crippen LogP contribution in [0.1, 0.15) is 49.7 Å². The number of rotatable bonds is 3. The Balaban J connectivity index is 1.40. The first kappa shape index (κ1) is 17.3. The van der Waals surface area contributed by atoms with Crippen molar-refractivity contribution in [1.29, 1.82) is 0 Å². The first-order valence-corrected chi connectivity index (χ1v) is 10.1. The summed E-state index contributed by atoms with van der Waals surface area (Å²) in [4.78, 5) is 24.8. The van der Waals surface area contributed by atoms with Gasteiger partial charge < -0.3 is 9.15 Å². The molecule has 4 fully saturated rings. The standard InChI is InChI=1S/C22H23ClO4/c1-13-2-3-17-16(6-19(24)27-18(17)4-13)11-26-20(25)21-7-14-5-15(8-21)10-22(23,9-14)12-21/h2-4,6,14-15H,5,7-12H2,1H3/t14-,15+,21?,22?. The molecule has 6 rings (SSSR count). The Morgan fingerprint density at radius 3 is 2.67 bits per heavy atom. The minimum atomic E-state index is -0.433. The lowest BCUT2D eigenvalue weighted by Crippen LogP contribution is -2.56. The number of hydrogen-bond donors (Lipinski definition) is 0. The number of alkyl halides is 1. The lowest BCUT2D eigenvalue weighted by atomic mass is 9.49. The molecule has 1 aromatic heterocycles. The van der Waals surface area contributed by atoms with Gasteiger partial charge in [0.1, 0.15) is 12.2 Å². The van der Waals surface area contributed by atoms with Crippen LogP contribution in [0.4, 0.5) is 0 Å². The van der Waals surface area contributed by atoms with Crippen LogP contribution < -0.4 is 5.63 Å². The molecule has 4 bridgehead atoms. The van der Waals surface area contributed by atoms with Gasteiger partial charge in [-0.1, -0.05) is 12.1 Å². The number of fused-ring (bicyclic) bond motifs is 1. The average Bonchev–Trinajstić information content (AvgIpc) is 2.56. The highest BCUT2D eigenvalue weighted by atomic mass is 35.5. The van der Waals surface area contributed by atoms with Gasteiger partial charge in [-0.15, -0.1) is 11.6 Å². The number of ether oxygens (including phenoxy) is 1. The predicted molar refractivity (Wildman–Crippen MR) is 103 cm³/mol. The lowest BCUT2D eigenvalue weighted by Gasteiger charge is -2.58. The van der Waals surface area contributed by atoms with Crippen molar-refractivity contribution in [3.8, 4) is 0 Å². The number of carbonyl (C=O) groups excluding carboxylic acids is 1. The summed E-state index contributed by atoms with van der Waals surface area (Å²) in [6.45, 7) is 2.04. The number of halogens is 1. The van der Waals surface area contributed by atoms with Crippen molar-refractivity contribution < 1.29 is 13.9 Å². The molecular formula is C22H23ClO4. The van der Waals surface area contributed by atoms with Crippen LogP contribution in [0.2, 0.25) is 0 Å². The van der Waals surface area contributed by atoms with Crippen molar-refractivity contribution >= 4 is 28.5 Å². The summed E-state index contributed by atoms with van der Waals surface area (Å²) in [7, 11) is 0. The summed E-state index contributed by atoms with van der Waals surface area (Å²) in [5.41, 5.74) is 1.38. The molecule has 1 heterocycles. The largest absolute Gasteiger partial charge is 0.460 e. The quantitative estimate of drug-likeness (QED) is 0.435. The highest BCUT2D eigenvalue weighted by Crippen LogP contribution is 2.64. The van der Waals surface area contributed by atoms with Gasteiger partial charge in [0.15, 0.2) is 0 Å². The zero-order valence-electron chi connectivity index (χ0n) is 15.4. The van der Waals surface area contributed by atoms with Crippen molar-refractivity contribution in [2.75, 3.05) is 0 Å². The molecule has 0 saturated heterocycles.